The van der Waals surface area contributed by atoms with E-state index in [4.69, 9.17) is 4.42 Å². The Hall–Kier alpha value is -2.42. The van der Waals surface area contributed by atoms with Crippen LogP contribution in [0.25, 0.3) is 11.5 Å². The second-order valence-corrected chi connectivity index (χ2v) is 5.93. The molecule has 0 radical (unpaired) electrons. The van der Waals surface area contributed by atoms with Gasteiger partial charge in [0.15, 0.2) is 0 Å². The Labute approximate surface area is 142 Å². The monoisotopic (exact) mass is 352 g/mol. The second kappa shape index (κ2) is 8.44. The molecule has 0 saturated carbocycles. The third-order valence-electron chi connectivity index (χ3n) is 3.07. The number of halogens is 1. The Morgan fingerprint density at radius 3 is 2.67 bits per heavy atom. The zero-order valence-electron chi connectivity index (χ0n) is 13.2. The maximum Gasteiger partial charge on any atom is 0.321 e. The summed E-state index contributed by atoms with van der Waals surface area (Å²) in [6, 6.07) is 5.06. The topological polar surface area (TPSA) is 97.1 Å². The Morgan fingerprint density at radius 1 is 1.29 bits per heavy atom. The largest absolute Gasteiger partial charge is 0.411 e. The summed E-state index contributed by atoms with van der Waals surface area (Å²) in [6.07, 6.45) is 0.768. The smallest absolute Gasteiger partial charge is 0.321 e. The molecule has 128 valence electrons. The van der Waals surface area contributed by atoms with Gasteiger partial charge in [-0.1, -0.05) is 18.7 Å². The molecule has 2 rings (SSSR count). The summed E-state index contributed by atoms with van der Waals surface area (Å²) in [4.78, 5) is 23.2. The number of carbonyl (C=O) groups excluding carboxylic acids is 2. The first-order valence-corrected chi connectivity index (χ1v) is 8.29. The van der Waals surface area contributed by atoms with Gasteiger partial charge in [0, 0.05) is 11.6 Å². The van der Waals surface area contributed by atoms with Gasteiger partial charge in [-0.05, 0) is 37.6 Å². The molecule has 0 aliphatic carbocycles. The number of hydrogen-bond donors (Lipinski definition) is 2. The molecule has 9 heteroatoms. The van der Waals surface area contributed by atoms with E-state index >= 15 is 0 Å². The van der Waals surface area contributed by atoms with Crippen LogP contribution in [0.2, 0.25) is 0 Å². The van der Waals surface area contributed by atoms with Crippen molar-refractivity contribution in [1.29, 1.82) is 0 Å². The van der Waals surface area contributed by atoms with Crippen LogP contribution in [0.4, 0.5) is 9.18 Å². The van der Waals surface area contributed by atoms with Crippen LogP contribution in [0.1, 0.15) is 20.3 Å². The Bertz CT molecular complexity index is 705. The number of aromatic nitrogens is 2. The van der Waals surface area contributed by atoms with Crippen molar-refractivity contribution >= 4 is 23.7 Å². The molecule has 1 aromatic carbocycles. The van der Waals surface area contributed by atoms with Gasteiger partial charge in [-0.15, -0.1) is 10.2 Å². The van der Waals surface area contributed by atoms with Gasteiger partial charge in [-0.25, -0.2) is 9.18 Å². The third-order valence-corrected chi connectivity index (χ3v) is 3.89. The number of imide groups is 1. The quantitative estimate of drug-likeness (QED) is 0.776. The molecule has 2 N–H and O–H groups in total. The van der Waals surface area contributed by atoms with Crippen LogP contribution < -0.4 is 10.6 Å². The summed E-state index contributed by atoms with van der Waals surface area (Å²) >= 11 is 1.01. The molecule has 7 nitrogen and oxygen atoms in total. The van der Waals surface area contributed by atoms with E-state index in [0.29, 0.717) is 5.56 Å². The molecule has 0 spiro atoms. The van der Waals surface area contributed by atoms with Crippen LogP contribution >= 0.6 is 11.8 Å². The van der Waals surface area contributed by atoms with Crippen LogP contribution in [0, 0.1) is 5.82 Å². The molecular formula is C15H17FN4O3S. The van der Waals surface area contributed by atoms with E-state index in [1.807, 2.05) is 13.8 Å². The highest BCUT2D eigenvalue weighted by Crippen LogP contribution is 2.23. The number of thioether (sulfide) groups is 1. The highest BCUT2D eigenvalue weighted by atomic mass is 32.2. The lowest BCUT2D eigenvalue weighted by molar-refractivity contribution is -0.117. The Morgan fingerprint density at radius 2 is 2.00 bits per heavy atom. The fourth-order valence-electron chi connectivity index (χ4n) is 1.63. The minimum absolute atomic E-state index is 0.0142. The average Bonchev–Trinajstić information content (AvgIpc) is 3.02. The highest BCUT2D eigenvalue weighted by molar-refractivity contribution is 7.99. The number of nitrogens with zero attached hydrogens (tertiary/aromatic N) is 2. The number of nitrogens with one attached hydrogen (secondary N) is 2. The number of hydrogen-bond acceptors (Lipinski definition) is 6. The normalized spacial score (nSPS) is 11.8. The average molecular weight is 352 g/mol. The van der Waals surface area contributed by atoms with Gasteiger partial charge in [0.1, 0.15) is 5.82 Å². The molecule has 1 aromatic heterocycles. The molecule has 2 aromatic rings. The van der Waals surface area contributed by atoms with Gasteiger partial charge in [0.05, 0.1) is 5.75 Å². The first kappa shape index (κ1) is 17.9. The van der Waals surface area contributed by atoms with Crippen molar-refractivity contribution in [3.05, 3.63) is 30.1 Å². The predicted molar refractivity (Wildman–Crippen MR) is 86.8 cm³/mol. The van der Waals surface area contributed by atoms with Crippen molar-refractivity contribution in [2.24, 2.45) is 0 Å². The minimum atomic E-state index is -0.535. The van der Waals surface area contributed by atoms with Gasteiger partial charge in [0.2, 0.25) is 11.8 Å². The number of carbonyl (C=O) groups is 2. The molecule has 1 heterocycles. The summed E-state index contributed by atoms with van der Waals surface area (Å²) in [5.74, 6) is -0.645. The molecule has 0 bridgehead atoms. The van der Waals surface area contributed by atoms with Crippen LogP contribution in [-0.4, -0.2) is 33.9 Å². The van der Waals surface area contributed by atoms with E-state index in [1.165, 1.54) is 24.3 Å². The molecular weight excluding hydrogens is 335 g/mol. The van der Waals surface area contributed by atoms with E-state index in [0.717, 1.165) is 18.2 Å². The number of rotatable bonds is 6. The summed E-state index contributed by atoms with van der Waals surface area (Å²) in [7, 11) is 0. The fraction of sp³-hybridized carbons (Fsp3) is 0.333. The van der Waals surface area contributed by atoms with Gasteiger partial charge >= 0.3 is 6.03 Å². The van der Waals surface area contributed by atoms with Crippen molar-refractivity contribution < 1.29 is 18.4 Å². The summed E-state index contributed by atoms with van der Waals surface area (Å²) in [5, 5.41) is 12.7. The van der Waals surface area contributed by atoms with Gasteiger partial charge in [-0.2, -0.15) is 0 Å². The van der Waals surface area contributed by atoms with Crippen LogP contribution in [-0.2, 0) is 4.79 Å². The molecule has 0 fully saturated rings. The second-order valence-electron chi connectivity index (χ2n) is 5.00. The van der Waals surface area contributed by atoms with E-state index < -0.39 is 11.9 Å². The van der Waals surface area contributed by atoms with Crippen molar-refractivity contribution in [2.75, 3.05) is 5.75 Å². The zero-order chi connectivity index (χ0) is 17.5. The van der Waals surface area contributed by atoms with Gasteiger partial charge in [0.25, 0.3) is 5.22 Å². The van der Waals surface area contributed by atoms with E-state index in [2.05, 4.69) is 20.8 Å². The van der Waals surface area contributed by atoms with Crippen LogP contribution in [0.5, 0.6) is 0 Å². The van der Waals surface area contributed by atoms with E-state index in [9.17, 15) is 14.0 Å². The Kier molecular flexibility index (Phi) is 6.30. The molecule has 1 atom stereocenters. The van der Waals surface area contributed by atoms with Gasteiger partial charge in [-0.3, -0.25) is 10.1 Å². The molecule has 0 unspecified atom stereocenters. The Balaban J connectivity index is 1.83. The lowest BCUT2D eigenvalue weighted by atomic mass is 10.2. The van der Waals surface area contributed by atoms with Crippen molar-refractivity contribution in [1.82, 2.24) is 20.8 Å². The third kappa shape index (κ3) is 5.34. The van der Waals surface area contributed by atoms with Crippen LogP contribution in [0.15, 0.2) is 33.9 Å². The van der Waals surface area contributed by atoms with Crippen molar-refractivity contribution in [3.8, 4) is 11.5 Å². The van der Waals surface area contributed by atoms with Crippen LogP contribution in [0.3, 0.4) is 0 Å². The maximum absolute atomic E-state index is 12.9. The summed E-state index contributed by atoms with van der Waals surface area (Å²) in [6.45, 7) is 3.77. The SMILES string of the molecule is CC[C@@H](C)NC(=O)NC(=O)CSc1nnc(-c2ccc(F)cc2)o1. The number of benzene rings is 1. The molecule has 0 aliphatic rings. The van der Waals surface area contributed by atoms with E-state index in [1.54, 1.807) is 0 Å². The first-order chi connectivity index (χ1) is 11.5. The predicted octanol–water partition coefficient (Wildman–Crippen LogP) is 2.59. The lowest BCUT2D eigenvalue weighted by Crippen LogP contribution is -2.43. The zero-order valence-corrected chi connectivity index (χ0v) is 14.0. The van der Waals surface area contributed by atoms with E-state index in [-0.39, 0.29) is 28.7 Å². The lowest BCUT2D eigenvalue weighted by Gasteiger charge is -2.11. The van der Waals surface area contributed by atoms with Gasteiger partial charge < -0.3 is 9.73 Å². The molecule has 24 heavy (non-hydrogen) atoms. The first-order valence-electron chi connectivity index (χ1n) is 7.30. The number of urea groups is 1. The number of amides is 3. The highest BCUT2D eigenvalue weighted by Gasteiger charge is 2.13. The van der Waals surface area contributed by atoms with Crippen molar-refractivity contribution in [2.45, 2.75) is 31.5 Å². The van der Waals surface area contributed by atoms with Crippen molar-refractivity contribution in [3.63, 3.8) is 0 Å². The fourth-order valence-corrected chi connectivity index (χ4v) is 2.19. The molecule has 0 saturated heterocycles. The maximum atomic E-state index is 12.9. The standard InChI is InChI=1S/C15H17FN4O3S/c1-3-9(2)17-14(22)18-12(21)8-24-15-20-19-13(23-15)10-4-6-11(16)7-5-10/h4-7,9H,3,8H2,1-2H3,(H2,17,18,21,22)/t9-/m1/s1. The summed E-state index contributed by atoms with van der Waals surface area (Å²) in [5.41, 5.74) is 0.577. The summed E-state index contributed by atoms with van der Waals surface area (Å²) < 4.78 is 18.3. The minimum Gasteiger partial charge on any atom is -0.411 e. The molecule has 0 aliphatic heterocycles. The molecule has 3 amide bonds.